The molecule has 2 aromatic heterocycles. The van der Waals surface area contributed by atoms with Crippen LogP contribution in [0.25, 0.3) is 22.8 Å². The summed E-state index contributed by atoms with van der Waals surface area (Å²) < 4.78 is 15.6. The highest BCUT2D eigenvalue weighted by molar-refractivity contribution is 6.30. The maximum Gasteiger partial charge on any atom is 0.510 e. The molecule has 0 saturated heterocycles. The van der Waals surface area contributed by atoms with Gasteiger partial charge in [0.05, 0.1) is 6.61 Å². The first-order valence-electron chi connectivity index (χ1n) is 8.08. The molecule has 0 aliphatic heterocycles. The molecular formula is C18H15ClN4O4. The van der Waals surface area contributed by atoms with Crippen LogP contribution in [0.4, 0.5) is 4.79 Å². The Morgan fingerprint density at radius 1 is 1.26 bits per heavy atom. The second-order valence-electron chi connectivity index (χ2n) is 5.40. The lowest BCUT2D eigenvalue weighted by molar-refractivity contribution is -0.00450. The normalized spacial score (nSPS) is 11.6. The van der Waals surface area contributed by atoms with E-state index in [4.69, 9.17) is 25.5 Å². The minimum absolute atomic E-state index is 0.0475. The lowest BCUT2D eigenvalue weighted by Gasteiger charge is -2.11. The number of hydrogen-bond acceptors (Lipinski definition) is 7. The average molecular weight is 387 g/mol. The molecule has 138 valence electrons. The monoisotopic (exact) mass is 386 g/mol. The zero-order valence-electron chi connectivity index (χ0n) is 14.5. The van der Waals surface area contributed by atoms with Gasteiger partial charge >= 0.3 is 6.16 Å². The van der Waals surface area contributed by atoms with Gasteiger partial charge in [0, 0.05) is 10.6 Å². The van der Waals surface area contributed by atoms with Crippen LogP contribution in [0.2, 0.25) is 5.02 Å². The Bertz CT molecular complexity index is 988. The van der Waals surface area contributed by atoms with Crippen LogP contribution in [0.5, 0.6) is 0 Å². The predicted octanol–water partition coefficient (Wildman–Crippen LogP) is 4.42. The summed E-state index contributed by atoms with van der Waals surface area (Å²) in [6, 6.07) is 12.6. The van der Waals surface area contributed by atoms with Crippen molar-refractivity contribution in [1.82, 2.24) is 15.0 Å². The van der Waals surface area contributed by atoms with Crippen LogP contribution in [0.1, 0.15) is 25.8 Å². The van der Waals surface area contributed by atoms with Crippen LogP contribution in [-0.2, 0) is 9.47 Å². The molecule has 0 saturated carbocycles. The zero-order valence-corrected chi connectivity index (χ0v) is 15.3. The van der Waals surface area contributed by atoms with Crippen LogP contribution in [0, 0.1) is 11.3 Å². The van der Waals surface area contributed by atoms with E-state index in [9.17, 15) is 10.1 Å². The van der Waals surface area contributed by atoms with Crippen molar-refractivity contribution >= 4 is 17.8 Å². The molecular weight excluding hydrogens is 372 g/mol. The van der Waals surface area contributed by atoms with Gasteiger partial charge in [-0.05, 0) is 50.2 Å². The highest BCUT2D eigenvalue weighted by atomic mass is 35.5. The first kappa shape index (κ1) is 18.5. The highest BCUT2D eigenvalue weighted by Gasteiger charge is 2.21. The molecule has 27 heavy (non-hydrogen) atoms. The first-order valence-corrected chi connectivity index (χ1v) is 8.46. The summed E-state index contributed by atoms with van der Waals surface area (Å²) in [7, 11) is 0. The average Bonchev–Trinajstić information content (AvgIpc) is 3.29. The summed E-state index contributed by atoms with van der Waals surface area (Å²) in [5.41, 5.74) is 1.12. The summed E-state index contributed by atoms with van der Waals surface area (Å²) in [4.78, 5) is 12.6. The van der Waals surface area contributed by atoms with Gasteiger partial charge in [-0.25, -0.2) is 4.79 Å². The molecule has 0 bridgehead atoms. The highest BCUT2D eigenvalue weighted by Crippen LogP contribution is 2.29. The molecule has 0 radical (unpaired) electrons. The number of furan rings is 1. The van der Waals surface area contributed by atoms with Crippen molar-refractivity contribution in [2.75, 3.05) is 6.61 Å². The van der Waals surface area contributed by atoms with Crippen LogP contribution in [0.3, 0.4) is 0 Å². The van der Waals surface area contributed by atoms with Crippen LogP contribution in [-0.4, -0.2) is 27.8 Å². The standard InChI is InChI=1S/C18H15ClN4O4/c1-3-25-18(24)26-11(2)23-21-14(10-20)17(22-23)16-9-8-15(27-16)12-4-6-13(19)7-5-12/h4-9,11H,3H2,1-2H3. The molecule has 0 fully saturated rings. The topological polar surface area (TPSA) is 103 Å². The second kappa shape index (κ2) is 7.93. The number of hydrogen-bond donors (Lipinski definition) is 0. The lowest BCUT2D eigenvalue weighted by atomic mass is 10.2. The second-order valence-corrected chi connectivity index (χ2v) is 5.84. The van der Waals surface area contributed by atoms with E-state index in [0.29, 0.717) is 16.5 Å². The van der Waals surface area contributed by atoms with Gasteiger partial charge in [-0.1, -0.05) is 11.6 Å². The summed E-state index contributed by atoms with van der Waals surface area (Å²) in [5, 5.41) is 18.2. The molecule has 0 aliphatic carbocycles. The summed E-state index contributed by atoms with van der Waals surface area (Å²) in [6.45, 7) is 3.41. The molecule has 1 unspecified atom stereocenters. The molecule has 9 heteroatoms. The van der Waals surface area contributed by atoms with E-state index in [1.807, 2.05) is 18.2 Å². The van der Waals surface area contributed by atoms with Gasteiger partial charge in [0.1, 0.15) is 11.8 Å². The smallest absolute Gasteiger partial charge is 0.454 e. The number of nitrogens with zero attached hydrogens (tertiary/aromatic N) is 4. The quantitative estimate of drug-likeness (QED) is 0.597. The fraction of sp³-hybridized carbons (Fsp3) is 0.222. The van der Waals surface area contributed by atoms with Crippen molar-refractivity contribution in [2.45, 2.75) is 20.1 Å². The van der Waals surface area contributed by atoms with Crippen molar-refractivity contribution in [3.63, 3.8) is 0 Å². The fourth-order valence-corrected chi connectivity index (χ4v) is 2.42. The van der Waals surface area contributed by atoms with Crippen molar-refractivity contribution in [2.24, 2.45) is 0 Å². The van der Waals surface area contributed by atoms with E-state index in [-0.39, 0.29) is 18.0 Å². The van der Waals surface area contributed by atoms with Gasteiger partial charge in [0.15, 0.2) is 17.1 Å². The van der Waals surface area contributed by atoms with Gasteiger partial charge < -0.3 is 13.9 Å². The molecule has 3 aromatic rings. The number of benzene rings is 1. The van der Waals surface area contributed by atoms with E-state index < -0.39 is 12.4 Å². The molecule has 0 amide bonds. The Labute approximate surface area is 159 Å². The zero-order chi connectivity index (χ0) is 19.4. The Balaban J connectivity index is 1.87. The van der Waals surface area contributed by atoms with Crippen molar-refractivity contribution in [3.05, 3.63) is 47.1 Å². The number of rotatable bonds is 5. The van der Waals surface area contributed by atoms with Crippen LogP contribution < -0.4 is 0 Å². The fourth-order valence-electron chi connectivity index (χ4n) is 2.30. The number of aromatic nitrogens is 3. The Morgan fingerprint density at radius 3 is 2.63 bits per heavy atom. The van der Waals surface area contributed by atoms with Gasteiger partial charge in [0.25, 0.3) is 0 Å². The molecule has 0 spiro atoms. The van der Waals surface area contributed by atoms with Crippen molar-refractivity contribution in [3.8, 4) is 28.8 Å². The third-order valence-electron chi connectivity index (χ3n) is 3.56. The molecule has 3 rings (SSSR count). The number of halogens is 1. The predicted molar refractivity (Wildman–Crippen MR) is 95.7 cm³/mol. The summed E-state index contributed by atoms with van der Waals surface area (Å²) in [5.74, 6) is 0.960. The molecule has 2 heterocycles. The Morgan fingerprint density at radius 2 is 1.96 bits per heavy atom. The van der Waals surface area contributed by atoms with Gasteiger partial charge in [-0.2, -0.15) is 5.26 Å². The molecule has 0 aliphatic rings. The van der Waals surface area contributed by atoms with E-state index in [2.05, 4.69) is 10.2 Å². The van der Waals surface area contributed by atoms with E-state index in [1.165, 1.54) is 0 Å². The maximum atomic E-state index is 11.4. The molecule has 1 atom stereocenters. The van der Waals surface area contributed by atoms with E-state index >= 15 is 0 Å². The van der Waals surface area contributed by atoms with Crippen LogP contribution in [0.15, 0.2) is 40.8 Å². The lowest BCUT2D eigenvalue weighted by Crippen LogP contribution is -2.17. The van der Waals surface area contributed by atoms with Gasteiger partial charge in [-0.3, -0.25) is 0 Å². The molecule has 0 N–H and O–H groups in total. The van der Waals surface area contributed by atoms with E-state index in [1.54, 1.807) is 38.1 Å². The number of ether oxygens (including phenoxy) is 2. The van der Waals surface area contributed by atoms with Crippen molar-refractivity contribution in [1.29, 1.82) is 5.26 Å². The van der Waals surface area contributed by atoms with E-state index in [0.717, 1.165) is 10.4 Å². The number of carbonyl (C=O) groups excluding carboxylic acids is 1. The van der Waals surface area contributed by atoms with Gasteiger partial charge in [0.2, 0.25) is 6.23 Å². The third-order valence-corrected chi connectivity index (χ3v) is 3.81. The summed E-state index contributed by atoms with van der Waals surface area (Å²) in [6.07, 6.45) is -1.69. The largest absolute Gasteiger partial charge is 0.510 e. The van der Waals surface area contributed by atoms with Crippen molar-refractivity contribution < 1.29 is 18.7 Å². The maximum absolute atomic E-state index is 11.4. The number of carbonyl (C=O) groups is 1. The van der Waals surface area contributed by atoms with Crippen LogP contribution >= 0.6 is 11.6 Å². The minimum atomic E-state index is -0.851. The summed E-state index contributed by atoms with van der Waals surface area (Å²) >= 11 is 5.90. The first-order chi connectivity index (χ1) is 13.0. The minimum Gasteiger partial charge on any atom is -0.454 e. The Hall–Kier alpha value is -3.31. The Kier molecular flexibility index (Phi) is 5.43. The molecule has 8 nitrogen and oxygen atoms in total. The number of nitriles is 1. The third kappa shape index (κ3) is 4.10. The van der Waals surface area contributed by atoms with Gasteiger partial charge in [-0.15, -0.1) is 15.0 Å². The SMILES string of the molecule is CCOC(=O)OC(C)n1nc(C#N)c(-c2ccc(-c3ccc(Cl)cc3)o2)n1. The molecule has 1 aromatic carbocycles.